The highest BCUT2D eigenvalue weighted by Crippen LogP contribution is 2.26. The molecular weight excluding hydrogens is 238 g/mol. The SMILES string of the molecule is CC1CCCN(C(=O)c2n[nH]c3ccccc23)C1C. The highest BCUT2D eigenvalue weighted by Gasteiger charge is 2.30. The summed E-state index contributed by atoms with van der Waals surface area (Å²) in [6.07, 6.45) is 2.28. The largest absolute Gasteiger partial charge is 0.334 e. The summed E-state index contributed by atoms with van der Waals surface area (Å²) >= 11 is 0. The van der Waals surface area contributed by atoms with E-state index in [-0.39, 0.29) is 11.9 Å². The Morgan fingerprint density at radius 2 is 2.16 bits per heavy atom. The van der Waals surface area contributed by atoms with Crippen LogP contribution in [0, 0.1) is 5.92 Å². The average molecular weight is 257 g/mol. The van der Waals surface area contributed by atoms with Crippen molar-refractivity contribution >= 4 is 16.8 Å². The molecule has 0 radical (unpaired) electrons. The maximum Gasteiger partial charge on any atom is 0.275 e. The van der Waals surface area contributed by atoms with E-state index in [1.54, 1.807) is 0 Å². The van der Waals surface area contributed by atoms with Crippen LogP contribution < -0.4 is 0 Å². The van der Waals surface area contributed by atoms with Gasteiger partial charge in [-0.3, -0.25) is 9.89 Å². The quantitative estimate of drug-likeness (QED) is 0.854. The average Bonchev–Trinajstić information content (AvgIpc) is 2.85. The van der Waals surface area contributed by atoms with Crippen LogP contribution in [0.5, 0.6) is 0 Å². The number of para-hydroxylation sites is 1. The Balaban J connectivity index is 1.95. The zero-order valence-corrected chi connectivity index (χ0v) is 11.4. The van der Waals surface area contributed by atoms with Crippen LogP contribution in [-0.2, 0) is 0 Å². The van der Waals surface area contributed by atoms with Crippen molar-refractivity contribution in [1.82, 2.24) is 15.1 Å². The van der Waals surface area contributed by atoms with Crippen LogP contribution in [0.1, 0.15) is 37.2 Å². The number of aromatic amines is 1. The van der Waals surface area contributed by atoms with E-state index in [1.165, 1.54) is 6.42 Å². The number of carbonyl (C=O) groups excluding carboxylic acids is 1. The molecule has 1 N–H and O–H groups in total. The van der Waals surface area contributed by atoms with Crippen LogP contribution in [0.15, 0.2) is 24.3 Å². The number of nitrogens with zero attached hydrogens (tertiary/aromatic N) is 2. The second kappa shape index (κ2) is 4.68. The lowest BCUT2D eigenvalue weighted by atomic mass is 9.92. The Hall–Kier alpha value is -1.84. The van der Waals surface area contributed by atoms with Crippen molar-refractivity contribution in [2.45, 2.75) is 32.7 Å². The van der Waals surface area contributed by atoms with Crippen LogP contribution in [0.4, 0.5) is 0 Å². The number of likely N-dealkylation sites (tertiary alicyclic amines) is 1. The lowest BCUT2D eigenvalue weighted by molar-refractivity contribution is 0.0547. The van der Waals surface area contributed by atoms with E-state index in [0.717, 1.165) is 23.9 Å². The van der Waals surface area contributed by atoms with Gasteiger partial charge in [0.25, 0.3) is 5.91 Å². The molecule has 0 aliphatic carbocycles. The highest BCUT2D eigenvalue weighted by atomic mass is 16.2. The van der Waals surface area contributed by atoms with Crippen LogP contribution in [0.25, 0.3) is 10.9 Å². The minimum absolute atomic E-state index is 0.0523. The van der Waals surface area contributed by atoms with Crippen molar-refractivity contribution in [3.05, 3.63) is 30.0 Å². The number of carbonyl (C=O) groups is 1. The third-order valence-corrected chi connectivity index (χ3v) is 4.31. The van der Waals surface area contributed by atoms with Crippen LogP contribution in [-0.4, -0.2) is 33.6 Å². The predicted molar refractivity (Wildman–Crippen MR) is 75.0 cm³/mol. The Bertz CT molecular complexity index is 604. The number of fused-ring (bicyclic) bond motifs is 1. The number of piperidine rings is 1. The van der Waals surface area contributed by atoms with Crippen molar-refractivity contribution in [2.75, 3.05) is 6.54 Å². The van der Waals surface area contributed by atoms with Crippen LogP contribution in [0.2, 0.25) is 0 Å². The van der Waals surface area contributed by atoms with Crippen LogP contribution in [0.3, 0.4) is 0 Å². The molecule has 0 bridgehead atoms. The van der Waals surface area contributed by atoms with E-state index >= 15 is 0 Å². The second-order valence-electron chi connectivity index (χ2n) is 5.48. The van der Waals surface area contributed by atoms with E-state index in [9.17, 15) is 4.79 Å². The molecule has 2 aromatic rings. The molecule has 1 aromatic heterocycles. The summed E-state index contributed by atoms with van der Waals surface area (Å²) in [5.41, 5.74) is 1.47. The van der Waals surface area contributed by atoms with Crippen molar-refractivity contribution in [3.8, 4) is 0 Å². The van der Waals surface area contributed by atoms with Crippen LogP contribution >= 0.6 is 0 Å². The summed E-state index contributed by atoms with van der Waals surface area (Å²) < 4.78 is 0. The van der Waals surface area contributed by atoms with Crippen molar-refractivity contribution in [3.63, 3.8) is 0 Å². The fourth-order valence-corrected chi connectivity index (χ4v) is 2.88. The number of H-pyrrole nitrogens is 1. The molecule has 1 aromatic carbocycles. The summed E-state index contributed by atoms with van der Waals surface area (Å²) in [5.74, 6) is 0.611. The third kappa shape index (κ3) is 2.01. The Kier molecular flexibility index (Phi) is 3.01. The molecule has 0 spiro atoms. The molecular formula is C15H19N3O. The minimum Gasteiger partial charge on any atom is -0.334 e. The van der Waals surface area contributed by atoms with E-state index in [4.69, 9.17) is 0 Å². The monoisotopic (exact) mass is 257 g/mol. The molecule has 1 amide bonds. The van der Waals surface area contributed by atoms with Crippen molar-refractivity contribution in [2.24, 2.45) is 5.92 Å². The predicted octanol–water partition coefficient (Wildman–Crippen LogP) is 2.82. The lowest BCUT2D eigenvalue weighted by Crippen LogP contribution is -2.46. The number of hydrogen-bond acceptors (Lipinski definition) is 2. The number of rotatable bonds is 1. The Morgan fingerprint density at radius 3 is 3.00 bits per heavy atom. The summed E-state index contributed by atoms with van der Waals surface area (Å²) in [7, 11) is 0. The zero-order valence-electron chi connectivity index (χ0n) is 11.4. The van der Waals surface area contributed by atoms with Gasteiger partial charge in [0.1, 0.15) is 0 Å². The van der Waals surface area contributed by atoms with Gasteiger partial charge < -0.3 is 4.90 Å². The first-order valence-electron chi connectivity index (χ1n) is 6.92. The van der Waals surface area contributed by atoms with Gasteiger partial charge in [-0.15, -0.1) is 0 Å². The molecule has 1 aliphatic rings. The molecule has 4 nitrogen and oxygen atoms in total. The Labute approximate surface area is 112 Å². The molecule has 3 rings (SSSR count). The molecule has 100 valence electrons. The van der Waals surface area contributed by atoms with Crippen molar-refractivity contribution in [1.29, 1.82) is 0 Å². The molecule has 2 heterocycles. The third-order valence-electron chi connectivity index (χ3n) is 4.31. The number of amides is 1. The molecule has 2 unspecified atom stereocenters. The van der Waals surface area contributed by atoms with E-state index in [1.807, 2.05) is 29.2 Å². The van der Waals surface area contributed by atoms with E-state index in [2.05, 4.69) is 24.0 Å². The topological polar surface area (TPSA) is 49.0 Å². The fourth-order valence-electron chi connectivity index (χ4n) is 2.88. The fraction of sp³-hybridized carbons (Fsp3) is 0.467. The summed E-state index contributed by atoms with van der Waals surface area (Å²) in [6, 6.07) is 8.07. The van der Waals surface area contributed by atoms with Gasteiger partial charge in [0.15, 0.2) is 5.69 Å². The van der Waals surface area contributed by atoms with Gasteiger partial charge in [-0.25, -0.2) is 0 Å². The first-order valence-corrected chi connectivity index (χ1v) is 6.92. The molecule has 0 saturated carbocycles. The lowest BCUT2D eigenvalue weighted by Gasteiger charge is -2.37. The van der Waals surface area contributed by atoms with Crippen molar-refractivity contribution < 1.29 is 4.79 Å². The van der Waals surface area contributed by atoms with E-state index in [0.29, 0.717) is 11.6 Å². The smallest absolute Gasteiger partial charge is 0.275 e. The second-order valence-corrected chi connectivity index (χ2v) is 5.48. The maximum absolute atomic E-state index is 12.7. The molecule has 1 fully saturated rings. The number of aromatic nitrogens is 2. The van der Waals surface area contributed by atoms with E-state index < -0.39 is 0 Å². The van der Waals surface area contributed by atoms with Gasteiger partial charge in [0.2, 0.25) is 0 Å². The molecule has 19 heavy (non-hydrogen) atoms. The van der Waals surface area contributed by atoms with Gasteiger partial charge in [-0.2, -0.15) is 5.10 Å². The molecule has 1 saturated heterocycles. The van der Waals surface area contributed by atoms with Gasteiger partial charge in [0, 0.05) is 18.0 Å². The summed E-state index contributed by atoms with van der Waals surface area (Å²) in [5, 5.41) is 8.07. The first kappa shape index (κ1) is 12.2. The maximum atomic E-state index is 12.7. The van der Waals surface area contributed by atoms with Gasteiger partial charge in [0.05, 0.1) is 5.52 Å². The molecule has 1 aliphatic heterocycles. The summed E-state index contributed by atoms with van der Waals surface area (Å²) in [6.45, 7) is 5.19. The molecule has 2 atom stereocenters. The normalized spacial score (nSPS) is 23.8. The number of benzene rings is 1. The highest BCUT2D eigenvalue weighted by molar-refractivity contribution is 6.04. The van der Waals surface area contributed by atoms with Gasteiger partial charge in [-0.1, -0.05) is 25.1 Å². The minimum atomic E-state index is 0.0523. The number of hydrogen-bond donors (Lipinski definition) is 1. The molecule has 4 heteroatoms. The standard InChI is InChI=1S/C15H19N3O/c1-10-6-5-9-18(11(10)2)15(19)14-12-7-3-4-8-13(12)16-17-14/h3-4,7-8,10-11H,5-6,9H2,1-2H3,(H,16,17). The van der Waals surface area contributed by atoms with Gasteiger partial charge in [-0.05, 0) is 31.7 Å². The zero-order chi connectivity index (χ0) is 13.4. The first-order chi connectivity index (χ1) is 9.18. The Morgan fingerprint density at radius 1 is 1.37 bits per heavy atom. The number of nitrogens with one attached hydrogen (secondary N) is 1. The summed E-state index contributed by atoms with van der Waals surface area (Å²) in [4.78, 5) is 14.6. The van der Waals surface area contributed by atoms with Gasteiger partial charge >= 0.3 is 0 Å².